The Balaban J connectivity index is 1.96. The smallest absolute Gasteiger partial charge is 0.226 e. The first kappa shape index (κ1) is 14.8. The fourth-order valence-electron chi connectivity index (χ4n) is 3.62. The maximum Gasteiger partial charge on any atom is 0.226 e. The van der Waals surface area contributed by atoms with Crippen molar-refractivity contribution in [3.05, 3.63) is 0 Å². The van der Waals surface area contributed by atoms with Crippen LogP contribution in [-0.2, 0) is 4.79 Å². The van der Waals surface area contributed by atoms with Crippen LogP contribution in [0.25, 0.3) is 0 Å². The van der Waals surface area contributed by atoms with Crippen molar-refractivity contribution in [1.82, 2.24) is 10.2 Å². The third kappa shape index (κ3) is 3.95. The SMILES string of the molecule is CC(C)CN(CC1CCCN1)C(=O)C1CCCC1C. The topological polar surface area (TPSA) is 32.3 Å². The molecule has 0 radical (unpaired) electrons. The highest BCUT2D eigenvalue weighted by atomic mass is 16.2. The van der Waals surface area contributed by atoms with Gasteiger partial charge >= 0.3 is 0 Å². The van der Waals surface area contributed by atoms with Crippen molar-refractivity contribution in [2.24, 2.45) is 17.8 Å². The first-order valence-electron chi connectivity index (χ1n) is 8.10. The van der Waals surface area contributed by atoms with Crippen LogP contribution in [0.5, 0.6) is 0 Å². The Morgan fingerprint density at radius 1 is 1.26 bits per heavy atom. The molecule has 0 aromatic rings. The molecule has 0 aromatic carbocycles. The van der Waals surface area contributed by atoms with Crippen molar-refractivity contribution in [3.63, 3.8) is 0 Å². The lowest BCUT2D eigenvalue weighted by Gasteiger charge is -2.31. The van der Waals surface area contributed by atoms with Gasteiger partial charge in [-0.05, 0) is 44.1 Å². The van der Waals surface area contributed by atoms with E-state index in [-0.39, 0.29) is 0 Å². The van der Waals surface area contributed by atoms with E-state index >= 15 is 0 Å². The molecular formula is C16H30N2O. The number of amides is 1. The highest BCUT2D eigenvalue weighted by Crippen LogP contribution is 2.33. The molecule has 19 heavy (non-hydrogen) atoms. The molecule has 0 bridgehead atoms. The van der Waals surface area contributed by atoms with Crippen LogP contribution in [0, 0.1) is 17.8 Å². The molecule has 110 valence electrons. The van der Waals surface area contributed by atoms with Gasteiger partial charge in [0, 0.05) is 25.0 Å². The second-order valence-corrected chi connectivity index (χ2v) is 6.95. The van der Waals surface area contributed by atoms with Gasteiger partial charge in [-0.25, -0.2) is 0 Å². The lowest BCUT2D eigenvalue weighted by molar-refractivity contribution is -0.137. The van der Waals surface area contributed by atoms with Crippen molar-refractivity contribution in [2.45, 2.75) is 58.9 Å². The molecule has 3 atom stereocenters. The number of carbonyl (C=O) groups excluding carboxylic acids is 1. The molecule has 2 fully saturated rings. The molecule has 1 heterocycles. The van der Waals surface area contributed by atoms with Gasteiger partial charge in [0.15, 0.2) is 0 Å². The van der Waals surface area contributed by atoms with Gasteiger partial charge in [0.25, 0.3) is 0 Å². The second kappa shape index (κ2) is 6.74. The molecule has 1 saturated heterocycles. The molecule has 1 aliphatic carbocycles. The average molecular weight is 266 g/mol. The molecule has 1 amide bonds. The fourth-order valence-corrected chi connectivity index (χ4v) is 3.62. The Bertz CT molecular complexity index is 297. The summed E-state index contributed by atoms with van der Waals surface area (Å²) in [6, 6.07) is 0.527. The predicted molar refractivity (Wildman–Crippen MR) is 78.9 cm³/mol. The van der Waals surface area contributed by atoms with E-state index in [4.69, 9.17) is 0 Å². The van der Waals surface area contributed by atoms with Crippen LogP contribution in [0.4, 0.5) is 0 Å². The number of nitrogens with one attached hydrogen (secondary N) is 1. The average Bonchev–Trinajstić information content (AvgIpc) is 2.98. The van der Waals surface area contributed by atoms with Gasteiger partial charge in [-0.15, -0.1) is 0 Å². The lowest BCUT2D eigenvalue weighted by atomic mass is 9.96. The van der Waals surface area contributed by atoms with Crippen molar-refractivity contribution >= 4 is 5.91 Å². The maximum atomic E-state index is 12.8. The second-order valence-electron chi connectivity index (χ2n) is 6.95. The fraction of sp³-hybridized carbons (Fsp3) is 0.938. The maximum absolute atomic E-state index is 12.8. The summed E-state index contributed by atoms with van der Waals surface area (Å²) in [7, 11) is 0. The van der Waals surface area contributed by atoms with Crippen LogP contribution < -0.4 is 5.32 Å². The molecule has 1 N–H and O–H groups in total. The van der Waals surface area contributed by atoms with E-state index in [0.29, 0.717) is 29.7 Å². The van der Waals surface area contributed by atoms with Crippen LogP contribution >= 0.6 is 0 Å². The standard InChI is InChI=1S/C16H30N2O/c1-12(2)10-18(11-14-7-5-9-17-14)16(19)15-8-4-6-13(15)3/h12-15,17H,4-11H2,1-3H3. The molecule has 2 rings (SSSR count). The Hall–Kier alpha value is -0.570. The van der Waals surface area contributed by atoms with E-state index in [1.807, 2.05) is 0 Å². The molecule has 1 saturated carbocycles. The molecule has 0 spiro atoms. The Labute approximate surface area is 118 Å². The summed E-state index contributed by atoms with van der Waals surface area (Å²) >= 11 is 0. The molecule has 3 heteroatoms. The number of hydrogen-bond acceptors (Lipinski definition) is 2. The van der Waals surface area contributed by atoms with Gasteiger partial charge in [-0.3, -0.25) is 4.79 Å². The number of rotatable bonds is 5. The molecule has 0 aromatic heterocycles. The minimum Gasteiger partial charge on any atom is -0.341 e. The first-order chi connectivity index (χ1) is 9.08. The Morgan fingerprint density at radius 3 is 2.58 bits per heavy atom. The van der Waals surface area contributed by atoms with Crippen molar-refractivity contribution in [2.75, 3.05) is 19.6 Å². The number of carbonyl (C=O) groups is 1. The van der Waals surface area contributed by atoms with Gasteiger partial charge < -0.3 is 10.2 Å². The zero-order chi connectivity index (χ0) is 13.8. The molecule has 1 aliphatic heterocycles. The van der Waals surface area contributed by atoms with Crippen LogP contribution in [0.15, 0.2) is 0 Å². The number of nitrogens with zero attached hydrogens (tertiary/aromatic N) is 1. The molecule has 2 aliphatic rings. The molecular weight excluding hydrogens is 236 g/mol. The summed E-state index contributed by atoms with van der Waals surface area (Å²) in [5.41, 5.74) is 0. The highest BCUT2D eigenvalue weighted by molar-refractivity contribution is 5.79. The van der Waals surface area contributed by atoms with E-state index in [0.717, 1.165) is 26.1 Å². The van der Waals surface area contributed by atoms with Crippen LogP contribution in [-0.4, -0.2) is 36.5 Å². The van der Waals surface area contributed by atoms with E-state index in [1.54, 1.807) is 0 Å². The zero-order valence-electron chi connectivity index (χ0n) is 12.8. The first-order valence-corrected chi connectivity index (χ1v) is 8.10. The predicted octanol–water partition coefficient (Wildman–Crippen LogP) is 2.66. The van der Waals surface area contributed by atoms with Gasteiger partial charge in [-0.2, -0.15) is 0 Å². The van der Waals surface area contributed by atoms with Crippen molar-refractivity contribution < 1.29 is 4.79 Å². The molecule has 3 nitrogen and oxygen atoms in total. The third-order valence-corrected chi connectivity index (χ3v) is 4.68. The largest absolute Gasteiger partial charge is 0.341 e. The van der Waals surface area contributed by atoms with Crippen molar-refractivity contribution in [3.8, 4) is 0 Å². The minimum absolute atomic E-state index is 0.292. The minimum atomic E-state index is 0.292. The summed E-state index contributed by atoms with van der Waals surface area (Å²) in [5.74, 6) is 1.85. The summed E-state index contributed by atoms with van der Waals surface area (Å²) in [6.45, 7) is 9.62. The molecule has 3 unspecified atom stereocenters. The van der Waals surface area contributed by atoms with Crippen LogP contribution in [0.3, 0.4) is 0 Å². The zero-order valence-corrected chi connectivity index (χ0v) is 12.8. The Morgan fingerprint density at radius 2 is 2.05 bits per heavy atom. The van der Waals surface area contributed by atoms with Gasteiger partial charge in [-0.1, -0.05) is 27.2 Å². The highest BCUT2D eigenvalue weighted by Gasteiger charge is 2.34. The van der Waals surface area contributed by atoms with E-state index < -0.39 is 0 Å². The summed E-state index contributed by atoms with van der Waals surface area (Å²) < 4.78 is 0. The van der Waals surface area contributed by atoms with Crippen LogP contribution in [0.2, 0.25) is 0 Å². The van der Waals surface area contributed by atoms with E-state index in [1.165, 1.54) is 25.7 Å². The Kier molecular flexibility index (Phi) is 5.26. The van der Waals surface area contributed by atoms with E-state index in [9.17, 15) is 4.79 Å². The van der Waals surface area contributed by atoms with E-state index in [2.05, 4.69) is 31.0 Å². The summed E-state index contributed by atoms with van der Waals surface area (Å²) in [5, 5.41) is 3.52. The van der Waals surface area contributed by atoms with Gasteiger partial charge in [0.2, 0.25) is 5.91 Å². The van der Waals surface area contributed by atoms with Gasteiger partial charge in [0.05, 0.1) is 0 Å². The normalized spacial score (nSPS) is 31.1. The summed E-state index contributed by atoms with van der Waals surface area (Å²) in [6.07, 6.45) is 6.05. The number of hydrogen-bond donors (Lipinski definition) is 1. The summed E-state index contributed by atoms with van der Waals surface area (Å²) in [4.78, 5) is 14.9. The lowest BCUT2D eigenvalue weighted by Crippen LogP contribution is -2.45. The quantitative estimate of drug-likeness (QED) is 0.829. The van der Waals surface area contributed by atoms with Crippen LogP contribution in [0.1, 0.15) is 52.9 Å². The third-order valence-electron chi connectivity index (χ3n) is 4.68. The van der Waals surface area contributed by atoms with Crippen molar-refractivity contribution in [1.29, 1.82) is 0 Å². The monoisotopic (exact) mass is 266 g/mol. The van der Waals surface area contributed by atoms with Gasteiger partial charge in [0.1, 0.15) is 0 Å².